The van der Waals surface area contributed by atoms with Crippen molar-refractivity contribution in [1.82, 2.24) is 14.9 Å². The SMILES string of the molecule is Cc1noc(NC(=O)C(N)c2cnn(C)c2)c1C. The number of hydrogen-bond acceptors (Lipinski definition) is 5. The summed E-state index contributed by atoms with van der Waals surface area (Å²) in [5.41, 5.74) is 8.00. The second-order valence-electron chi connectivity index (χ2n) is 4.14. The molecular weight excluding hydrogens is 234 g/mol. The fraction of sp³-hybridized carbons (Fsp3) is 0.364. The summed E-state index contributed by atoms with van der Waals surface area (Å²) in [6.45, 7) is 3.62. The minimum absolute atomic E-state index is 0.330. The van der Waals surface area contributed by atoms with Crippen molar-refractivity contribution >= 4 is 11.8 Å². The molecule has 0 aliphatic carbocycles. The van der Waals surface area contributed by atoms with Gasteiger partial charge in [-0.3, -0.25) is 14.8 Å². The predicted molar refractivity (Wildman–Crippen MR) is 64.7 cm³/mol. The molecule has 0 aliphatic rings. The van der Waals surface area contributed by atoms with Crippen LogP contribution in [-0.4, -0.2) is 20.8 Å². The van der Waals surface area contributed by atoms with Gasteiger partial charge in [0.1, 0.15) is 6.04 Å². The Morgan fingerprint density at radius 2 is 2.28 bits per heavy atom. The van der Waals surface area contributed by atoms with Gasteiger partial charge < -0.3 is 10.3 Å². The molecule has 3 N–H and O–H groups in total. The van der Waals surface area contributed by atoms with E-state index in [0.717, 1.165) is 11.3 Å². The first-order valence-electron chi connectivity index (χ1n) is 5.47. The van der Waals surface area contributed by atoms with Gasteiger partial charge in [-0.2, -0.15) is 5.10 Å². The number of hydrogen-bond donors (Lipinski definition) is 2. The largest absolute Gasteiger partial charge is 0.338 e. The van der Waals surface area contributed by atoms with E-state index in [0.29, 0.717) is 11.4 Å². The van der Waals surface area contributed by atoms with Crippen LogP contribution in [0.2, 0.25) is 0 Å². The number of carbonyl (C=O) groups excluding carboxylic acids is 1. The van der Waals surface area contributed by atoms with Crippen molar-refractivity contribution in [3.8, 4) is 0 Å². The first-order valence-corrected chi connectivity index (χ1v) is 5.47. The Morgan fingerprint density at radius 1 is 1.56 bits per heavy atom. The van der Waals surface area contributed by atoms with Crippen LogP contribution in [0.1, 0.15) is 22.9 Å². The quantitative estimate of drug-likeness (QED) is 0.832. The molecule has 7 nitrogen and oxygen atoms in total. The summed E-state index contributed by atoms with van der Waals surface area (Å²) in [4.78, 5) is 11.9. The third-order valence-electron chi connectivity index (χ3n) is 2.76. The normalized spacial score (nSPS) is 12.4. The number of anilines is 1. The van der Waals surface area contributed by atoms with Crippen LogP contribution in [0.3, 0.4) is 0 Å². The van der Waals surface area contributed by atoms with Crippen molar-refractivity contribution in [2.45, 2.75) is 19.9 Å². The molecule has 0 radical (unpaired) electrons. The lowest BCUT2D eigenvalue weighted by atomic mass is 10.1. The van der Waals surface area contributed by atoms with Crippen molar-refractivity contribution in [2.75, 3.05) is 5.32 Å². The Hall–Kier alpha value is -2.15. The lowest BCUT2D eigenvalue weighted by Gasteiger charge is -2.08. The summed E-state index contributed by atoms with van der Waals surface area (Å²) >= 11 is 0. The Labute approximate surface area is 104 Å². The molecule has 0 saturated heterocycles. The lowest BCUT2D eigenvalue weighted by Crippen LogP contribution is -2.27. The molecule has 1 amide bonds. The van der Waals surface area contributed by atoms with Gasteiger partial charge >= 0.3 is 0 Å². The minimum atomic E-state index is -0.788. The highest BCUT2D eigenvalue weighted by Gasteiger charge is 2.20. The van der Waals surface area contributed by atoms with Gasteiger partial charge in [-0.1, -0.05) is 5.16 Å². The van der Waals surface area contributed by atoms with Gasteiger partial charge in [-0.15, -0.1) is 0 Å². The molecule has 0 spiro atoms. The number of aryl methyl sites for hydroxylation is 2. The van der Waals surface area contributed by atoms with E-state index in [9.17, 15) is 4.79 Å². The summed E-state index contributed by atoms with van der Waals surface area (Å²) in [6.07, 6.45) is 3.26. The van der Waals surface area contributed by atoms with Crippen LogP contribution in [0.15, 0.2) is 16.9 Å². The van der Waals surface area contributed by atoms with Crippen LogP contribution in [-0.2, 0) is 11.8 Å². The number of carbonyl (C=O) groups is 1. The maximum Gasteiger partial charge on any atom is 0.248 e. The van der Waals surface area contributed by atoms with Gasteiger partial charge in [-0.05, 0) is 13.8 Å². The number of nitrogens with one attached hydrogen (secondary N) is 1. The highest BCUT2D eigenvalue weighted by atomic mass is 16.5. The van der Waals surface area contributed by atoms with E-state index in [1.165, 1.54) is 0 Å². The van der Waals surface area contributed by atoms with E-state index in [4.69, 9.17) is 10.3 Å². The molecule has 96 valence electrons. The third-order valence-corrected chi connectivity index (χ3v) is 2.76. The Morgan fingerprint density at radius 3 is 2.78 bits per heavy atom. The highest BCUT2D eigenvalue weighted by Crippen LogP contribution is 2.19. The number of nitrogens with zero attached hydrogens (tertiary/aromatic N) is 3. The summed E-state index contributed by atoms with van der Waals surface area (Å²) in [6, 6.07) is -0.788. The van der Waals surface area contributed by atoms with Crippen LogP contribution in [0.5, 0.6) is 0 Å². The van der Waals surface area contributed by atoms with Crippen LogP contribution in [0.25, 0.3) is 0 Å². The average Bonchev–Trinajstić information content (AvgIpc) is 2.89. The zero-order valence-corrected chi connectivity index (χ0v) is 10.5. The Bertz CT molecular complexity index is 572. The smallest absolute Gasteiger partial charge is 0.248 e. The molecule has 1 unspecified atom stereocenters. The van der Waals surface area contributed by atoms with Gasteiger partial charge in [0.05, 0.1) is 11.9 Å². The summed E-state index contributed by atoms with van der Waals surface area (Å²) in [7, 11) is 1.76. The topological polar surface area (TPSA) is 99.0 Å². The third kappa shape index (κ3) is 2.25. The van der Waals surface area contributed by atoms with E-state index >= 15 is 0 Å². The molecular formula is C11H15N5O2. The minimum Gasteiger partial charge on any atom is -0.338 e. The van der Waals surface area contributed by atoms with Crippen LogP contribution in [0.4, 0.5) is 5.88 Å². The number of rotatable bonds is 3. The Kier molecular flexibility index (Phi) is 3.15. The van der Waals surface area contributed by atoms with E-state index in [1.54, 1.807) is 31.0 Å². The molecule has 2 aromatic heterocycles. The van der Waals surface area contributed by atoms with E-state index in [-0.39, 0.29) is 5.91 Å². The monoisotopic (exact) mass is 249 g/mol. The fourth-order valence-electron chi connectivity index (χ4n) is 1.47. The molecule has 0 fully saturated rings. The van der Waals surface area contributed by atoms with E-state index < -0.39 is 6.04 Å². The van der Waals surface area contributed by atoms with Gasteiger partial charge in [0, 0.05) is 24.4 Å². The number of amides is 1. The Balaban J connectivity index is 2.10. The standard InChI is InChI=1S/C11H15N5O2/c1-6-7(2)15-18-11(6)14-10(17)9(12)8-4-13-16(3)5-8/h4-5,9H,12H2,1-3H3,(H,14,17). The first-order chi connectivity index (χ1) is 8.49. The van der Waals surface area contributed by atoms with Gasteiger partial charge in [0.25, 0.3) is 0 Å². The first kappa shape index (κ1) is 12.3. The highest BCUT2D eigenvalue weighted by molar-refractivity contribution is 5.94. The van der Waals surface area contributed by atoms with Crippen molar-refractivity contribution in [3.05, 3.63) is 29.2 Å². The zero-order valence-electron chi connectivity index (χ0n) is 10.5. The van der Waals surface area contributed by atoms with Crippen LogP contribution in [0, 0.1) is 13.8 Å². The molecule has 0 bridgehead atoms. The van der Waals surface area contributed by atoms with Crippen molar-refractivity contribution < 1.29 is 9.32 Å². The van der Waals surface area contributed by atoms with Crippen molar-refractivity contribution in [3.63, 3.8) is 0 Å². The predicted octanol–water partition coefficient (Wildman–Crippen LogP) is 0.663. The molecule has 1 atom stereocenters. The summed E-state index contributed by atoms with van der Waals surface area (Å²) in [5.74, 6) is -0.0286. The maximum atomic E-state index is 11.9. The second-order valence-corrected chi connectivity index (χ2v) is 4.14. The molecule has 0 aromatic carbocycles. The molecule has 18 heavy (non-hydrogen) atoms. The molecule has 2 heterocycles. The molecule has 7 heteroatoms. The second kappa shape index (κ2) is 4.61. The fourth-order valence-corrected chi connectivity index (χ4v) is 1.47. The summed E-state index contributed by atoms with van der Waals surface area (Å²) < 4.78 is 6.59. The van der Waals surface area contributed by atoms with Gasteiger partial charge in [0.15, 0.2) is 0 Å². The van der Waals surface area contributed by atoms with Crippen LogP contribution < -0.4 is 11.1 Å². The number of aromatic nitrogens is 3. The zero-order chi connectivity index (χ0) is 13.3. The average molecular weight is 249 g/mol. The van der Waals surface area contributed by atoms with Crippen molar-refractivity contribution in [2.24, 2.45) is 12.8 Å². The maximum absolute atomic E-state index is 11.9. The molecule has 0 aliphatic heterocycles. The lowest BCUT2D eigenvalue weighted by molar-refractivity contribution is -0.117. The molecule has 0 saturated carbocycles. The van der Waals surface area contributed by atoms with Gasteiger partial charge in [-0.25, -0.2) is 0 Å². The van der Waals surface area contributed by atoms with E-state index in [2.05, 4.69) is 15.6 Å². The van der Waals surface area contributed by atoms with Crippen molar-refractivity contribution in [1.29, 1.82) is 0 Å². The molecule has 2 aromatic rings. The number of nitrogens with two attached hydrogens (primary N) is 1. The van der Waals surface area contributed by atoms with Crippen LogP contribution >= 0.6 is 0 Å². The molecule has 2 rings (SSSR count). The van der Waals surface area contributed by atoms with E-state index in [1.807, 2.05) is 6.92 Å². The van der Waals surface area contributed by atoms with Gasteiger partial charge in [0.2, 0.25) is 11.8 Å². The summed E-state index contributed by atoms with van der Waals surface area (Å²) in [5, 5.41) is 10.3.